The molecular weight excluding hydrogens is 316 g/mol. The largest absolute Gasteiger partial charge is 0.377 e. The lowest BCUT2D eigenvalue weighted by Crippen LogP contribution is -2.34. The van der Waals surface area contributed by atoms with Crippen LogP contribution in [0.15, 0.2) is 24.3 Å². The fourth-order valence-corrected chi connectivity index (χ4v) is 3.46. The monoisotopic (exact) mass is 342 g/mol. The van der Waals surface area contributed by atoms with Gasteiger partial charge in [-0.2, -0.15) is 5.10 Å². The van der Waals surface area contributed by atoms with E-state index in [1.807, 2.05) is 49.9 Å². The van der Waals surface area contributed by atoms with Gasteiger partial charge in [0, 0.05) is 30.1 Å². The number of benzene rings is 1. The second kappa shape index (κ2) is 7.70. The van der Waals surface area contributed by atoms with Crippen molar-refractivity contribution >= 4 is 11.7 Å². The molecular formula is C19H26N4O2. The highest BCUT2D eigenvalue weighted by Crippen LogP contribution is 2.35. The van der Waals surface area contributed by atoms with Crippen molar-refractivity contribution in [1.82, 2.24) is 15.1 Å². The summed E-state index contributed by atoms with van der Waals surface area (Å²) in [5.41, 5.74) is 5.07. The first-order valence-corrected chi connectivity index (χ1v) is 8.86. The third kappa shape index (κ3) is 3.85. The Bertz CT molecular complexity index is 704. The Labute approximate surface area is 148 Å². The van der Waals surface area contributed by atoms with Crippen LogP contribution in [0, 0.1) is 13.8 Å². The average Bonchev–Trinajstić information content (AvgIpc) is 3.20. The van der Waals surface area contributed by atoms with E-state index in [0.717, 1.165) is 47.6 Å². The van der Waals surface area contributed by atoms with Crippen molar-refractivity contribution in [3.8, 4) is 0 Å². The van der Waals surface area contributed by atoms with Gasteiger partial charge in [0.25, 0.3) is 0 Å². The Morgan fingerprint density at radius 2 is 2.12 bits per heavy atom. The number of aryl methyl sites for hydroxylation is 2. The molecule has 0 radical (unpaired) electrons. The third-order valence-electron chi connectivity index (χ3n) is 4.71. The van der Waals surface area contributed by atoms with Gasteiger partial charge in [0.1, 0.15) is 0 Å². The van der Waals surface area contributed by atoms with E-state index >= 15 is 0 Å². The number of anilines is 1. The molecule has 25 heavy (non-hydrogen) atoms. The molecule has 1 aromatic carbocycles. The van der Waals surface area contributed by atoms with E-state index in [-0.39, 0.29) is 12.1 Å². The zero-order chi connectivity index (χ0) is 17.8. The van der Waals surface area contributed by atoms with Crippen LogP contribution in [0.1, 0.15) is 48.3 Å². The molecule has 2 aromatic rings. The average molecular weight is 342 g/mol. The maximum atomic E-state index is 12.8. The van der Waals surface area contributed by atoms with Crippen LogP contribution in [0.4, 0.5) is 10.5 Å². The molecule has 0 spiro atoms. The summed E-state index contributed by atoms with van der Waals surface area (Å²) < 4.78 is 5.40. The number of carbonyl (C=O) groups excluding carboxylic acids is 1. The van der Waals surface area contributed by atoms with Gasteiger partial charge in [-0.3, -0.25) is 5.10 Å². The molecule has 3 rings (SSSR count). The number of hydrogen-bond donors (Lipinski definition) is 2. The summed E-state index contributed by atoms with van der Waals surface area (Å²) in [7, 11) is 0. The SMILES string of the molecule is CCOCc1ccc(NC(=O)N2CCCC2c2c(C)n[nH]c2C)cc1. The first-order valence-electron chi connectivity index (χ1n) is 8.86. The van der Waals surface area contributed by atoms with Crippen LogP contribution in [-0.2, 0) is 11.3 Å². The van der Waals surface area contributed by atoms with E-state index in [1.165, 1.54) is 0 Å². The minimum atomic E-state index is -0.0555. The van der Waals surface area contributed by atoms with E-state index in [9.17, 15) is 4.79 Å². The standard InChI is InChI=1S/C19H26N4O2/c1-4-25-12-15-7-9-16(10-8-15)20-19(24)23-11-5-6-17(23)18-13(2)21-22-14(18)3/h7-10,17H,4-6,11-12H2,1-3H3,(H,20,24)(H,21,22). The minimum Gasteiger partial charge on any atom is -0.377 e. The lowest BCUT2D eigenvalue weighted by atomic mass is 10.0. The predicted molar refractivity (Wildman–Crippen MR) is 97.5 cm³/mol. The molecule has 2 N–H and O–H groups in total. The number of nitrogens with one attached hydrogen (secondary N) is 2. The maximum absolute atomic E-state index is 12.8. The van der Waals surface area contributed by atoms with Crippen molar-refractivity contribution in [3.63, 3.8) is 0 Å². The number of likely N-dealkylation sites (tertiary alicyclic amines) is 1. The molecule has 6 heteroatoms. The van der Waals surface area contributed by atoms with E-state index in [2.05, 4.69) is 15.5 Å². The molecule has 1 unspecified atom stereocenters. The van der Waals surface area contributed by atoms with E-state index in [4.69, 9.17) is 4.74 Å². The number of H-pyrrole nitrogens is 1. The van der Waals surface area contributed by atoms with Crippen LogP contribution >= 0.6 is 0 Å². The van der Waals surface area contributed by atoms with Gasteiger partial charge in [-0.1, -0.05) is 12.1 Å². The molecule has 0 bridgehead atoms. The zero-order valence-electron chi connectivity index (χ0n) is 15.1. The number of aromatic nitrogens is 2. The molecule has 1 fully saturated rings. The van der Waals surface area contributed by atoms with Crippen LogP contribution in [0.25, 0.3) is 0 Å². The molecule has 2 heterocycles. The lowest BCUT2D eigenvalue weighted by molar-refractivity contribution is 0.134. The molecule has 1 aliphatic heterocycles. The smallest absolute Gasteiger partial charge is 0.322 e. The first kappa shape index (κ1) is 17.5. The molecule has 0 aliphatic carbocycles. The van der Waals surface area contributed by atoms with Gasteiger partial charge in [-0.15, -0.1) is 0 Å². The molecule has 1 aliphatic rings. The summed E-state index contributed by atoms with van der Waals surface area (Å²) in [4.78, 5) is 14.7. The van der Waals surface area contributed by atoms with Crippen LogP contribution in [0.5, 0.6) is 0 Å². The van der Waals surface area contributed by atoms with Crippen molar-refractivity contribution in [2.45, 2.75) is 46.3 Å². The summed E-state index contributed by atoms with van der Waals surface area (Å²) in [6.07, 6.45) is 1.98. The van der Waals surface area contributed by atoms with Gasteiger partial charge in [0.15, 0.2) is 0 Å². The fourth-order valence-electron chi connectivity index (χ4n) is 3.46. The van der Waals surface area contributed by atoms with Crippen molar-refractivity contribution in [1.29, 1.82) is 0 Å². The van der Waals surface area contributed by atoms with Gasteiger partial charge in [0.05, 0.1) is 18.3 Å². The van der Waals surface area contributed by atoms with Crippen molar-refractivity contribution in [2.24, 2.45) is 0 Å². The number of amides is 2. The minimum absolute atomic E-state index is 0.0555. The normalized spacial score (nSPS) is 17.1. The summed E-state index contributed by atoms with van der Waals surface area (Å²) in [5.74, 6) is 0. The van der Waals surface area contributed by atoms with Gasteiger partial charge < -0.3 is 15.0 Å². The number of urea groups is 1. The van der Waals surface area contributed by atoms with E-state index < -0.39 is 0 Å². The van der Waals surface area contributed by atoms with Crippen LogP contribution in [0.2, 0.25) is 0 Å². The number of carbonyl (C=O) groups is 1. The highest BCUT2D eigenvalue weighted by Gasteiger charge is 2.33. The number of aromatic amines is 1. The van der Waals surface area contributed by atoms with Crippen LogP contribution in [0.3, 0.4) is 0 Å². The summed E-state index contributed by atoms with van der Waals surface area (Å²) in [6.45, 7) is 8.04. The second-order valence-corrected chi connectivity index (χ2v) is 6.46. The first-order chi connectivity index (χ1) is 12.1. The zero-order valence-corrected chi connectivity index (χ0v) is 15.1. The van der Waals surface area contributed by atoms with Gasteiger partial charge in [0.2, 0.25) is 0 Å². The predicted octanol–water partition coefficient (Wildman–Crippen LogP) is 3.93. The molecule has 1 aromatic heterocycles. The molecule has 1 atom stereocenters. The Hall–Kier alpha value is -2.34. The van der Waals surface area contributed by atoms with Gasteiger partial charge in [-0.05, 0) is 51.3 Å². The quantitative estimate of drug-likeness (QED) is 0.865. The fraction of sp³-hybridized carbons (Fsp3) is 0.474. The van der Waals surface area contributed by atoms with Gasteiger partial charge >= 0.3 is 6.03 Å². The van der Waals surface area contributed by atoms with Crippen molar-refractivity contribution in [2.75, 3.05) is 18.5 Å². The second-order valence-electron chi connectivity index (χ2n) is 6.46. The van der Waals surface area contributed by atoms with Crippen LogP contribution in [-0.4, -0.2) is 34.3 Å². The Balaban J connectivity index is 1.68. The molecule has 0 saturated carbocycles. The Morgan fingerprint density at radius 1 is 1.36 bits per heavy atom. The Kier molecular flexibility index (Phi) is 5.38. The number of hydrogen-bond acceptors (Lipinski definition) is 3. The molecule has 134 valence electrons. The Morgan fingerprint density at radius 3 is 2.76 bits per heavy atom. The molecule has 6 nitrogen and oxygen atoms in total. The highest BCUT2D eigenvalue weighted by molar-refractivity contribution is 5.89. The maximum Gasteiger partial charge on any atom is 0.322 e. The molecule has 2 amide bonds. The van der Waals surface area contributed by atoms with Crippen molar-refractivity contribution < 1.29 is 9.53 Å². The van der Waals surface area contributed by atoms with Crippen molar-refractivity contribution in [3.05, 3.63) is 46.8 Å². The van der Waals surface area contributed by atoms with Crippen LogP contribution < -0.4 is 5.32 Å². The van der Waals surface area contributed by atoms with E-state index in [1.54, 1.807) is 0 Å². The number of nitrogens with zero attached hydrogens (tertiary/aromatic N) is 2. The van der Waals surface area contributed by atoms with E-state index in [0.29, 0.717) is 13.2 Å². The summed E-state index contributed by atoms with van der Waals surface area (Å²) in [6, 6.07) is 7.85. The lowest BCUT2D eigenvalue weighted by Gasteiger charge is -2.25. The highest BCUT2D eigenvalue weighted by atomic mass is 16.5. The third-order valence-corrected chi connectivity index (χ3v) is 4.71. The molecule has 1 saturated heterocycles. The van der Waals surface area contributed by atoms with Gasteiger partial charge in [-0.25, -0.2) is 4.79 Å². The number of ether oxygens (including phenoxy) is 1. The topological polar surface area (TPSA) is 70.2 Å². The number of rotatable bonds is 5. The summed E-state index contributed by atoms with van der Waals surface area (Å²) >= 11 is 0. The summed E-state index contributed by atoms with van der Waals surface area (Å²) in [5, 5.41) is 10.3.